The molecular weight excluding hydrogens is 202 g/mol. The van der Waals surface area contributed by atoms with E-state index in [4.69, 9.17) is 5.41 Å². The molecule has 0 radical (unpaired) electrons. The highest BCUT2D eigenvalue weighted by Crippen LogP contribution is 2.30. The maximum Gasteiger partial charge on any atom is 0.176 e. The van der Waals surface area contributed by atoms with Gasteiger partial charge in [-0.2, -0.15) is 0 Å². The normalized spacial score (nSPS) is 20.8. The van der Waals surface area contributed by atoms with Gasteiger partial charge in [-0.15, -0.1) is 0 Å². The van der Waals surface area contributed by atoms with Gasteiger partial charge in [0.25, 0.3) is 0 Å². The Kier molecular flexibility index (Phi) is 2.80. The molecule has 1 aromatic carbocycles. The van der Waals surface area contributed by atoms with Crippen LogP contribution in [-0.2, 0) is 9.59 Å². The minimum atomic E-state index is -0.264. The van der Waals surface area contributed by atoms with E-state index in [-0.39, 0.29) is 23.1 Å². The first-order chi connectivity index (χ1) is 7.72. The van der Waals surface area contributed by atoms with E-state index in [2.05, 4.69) is 0 Å². The Morgan fingerprint density at radius 2 is 1.62 bits per heavy atom. The summed E-state index contributed by atoms with van der Waals surface area (Å²) in [4.78, 5) is 23.2. The highest BCUT2D eigenvalue weighted by atomic mass is 16.1. The molecule has 3 nitrogen and oxygen atoms in total. The first kappa shape index (κ1) is 10.5. The molecule has 1 saturated carbocycles. The van der Waals surface area contributed by atoms with Crippen LogP contribution < -0.4 is 0 Å². The van der Waals surface area contributed by atoms with E-state index in [1.807, 2.05) is 36.2 Å². The number of carbonyl (C=O) groups excluding carboxylic acids is 2. The summed E-state index contributed by atoms with van der Waals surface area (Å²) < 4.78 is 0. The van der Waals surface area contributed by atoms with Crippen molar-refractivity contribution >= 4 is 17.4 Å². The van der Waals surface area contributed by atoms with E-state index in [0.29, 0.717) is 12.8 Å². The van der Waals surface area contributed by atoms with Crippen LogP contribution in [0.3, 0.4) is 0 Å². The molecule has 0 heterocycles. The minimum absolute atomic E-state index is 0.0432. The van der Waals surface area contributed by atoms with Gasteiger partial charge < -0.3 is 0 Å². The van der Waals surface area contributed by atoms with Gasteiger partial charge in [0.2, 0.25) is 0 Å². The molecule has 1 fully saturated rings. The molecule has 0 atom stereocenters. The first-order valence-electron chi connectivity index (χ1n) is 5.13. The average Bonchev–Trinajstić information content (AvgIpc) is 2.30. The summed E-state index contributed by atoms with van der Waals surface area (Å²) in [5, 5.41) is 6.90. The van der Waals surface area contributed by atoms with Gasteiger partial charge in [0.1, 0.15) is 5.57 Å². The van der Waals surface area contributed by atoms with Crippen molar-refractivity contribution in [2.45, 2.75) is 18.8 Å². The Hall–Kier alpha value is -1.99. The van der Waals surface area contributed by atoms with E-state index in [9.17, 15) is 9.59 Å². The molecule has 0 amide bonds. The molecule has 0 unspecified atom stereocenters. The second-order valence-corrected chi connectivity index (χ2v) is 3.86. The zero-order valence-corrected chi connectivity index (χ0v) is 8.69. The van der Waals surface area contributed by atoms with Crippen LogP contribution in [-0.4, -0.2) is 17.4 Å². The largest absolute Gasteiger partial charge is 0.293 e. The third-order valence-electron chi connectivity index (χ3n) is 2.82. The van der Waals surface area contributed by atoms with E-state index in [0.717, 1.165) is 5.56 Å². The van der Waals surface area contributed by atoms with Gasteiger partial charge >= 0.3 is 0 Å². The lowest BCUT2D eigenvalue weighted by Gasteiger charge is -2.20. The number of nitrogens with one attached hydrogen (secondary N) is 1. The fourth-order valence-electron chi connectivity index (χ4n) is 1.98. The van der Waals surface area contributed by atoms with Crippen molar-refractivity contribution in [3.63, 3.8) is 0 Å². The monoisotopic (exact) mass is 213 g/mol. The highest BCUT2D eigenvalue weighted by molar-refractivity contribution is 6.27. The Labute approximate surface area is 93.3 Å². The number of Topliss-reactive ketones (excluding diaryl/α,β-unsaturated/α-hetero) is 2. The summed E-state index contributed by atoms with van der Waals surface area (Å²) in [6, 6.07) is 9.53. The smallest absolute Gasteiger partial charge is 0.176 e. The summed E-state index contributed by atoms with van der Waals surface area (Å²) >= 11 is 0. The minimum Gasteiger partial charge on any atom is -0.293 e. The predicted octanol–water partition coefficient (Wildman–Crippen LogP) is 1.88. The molecule has 3 heteroatoms. The number of hydrogen-bond donors (Lipinski definition) is 1. The van der Waals surface area contributed by atoms with Crippen molar-refractivity contribution < 1.29 is 9.59 Å². The number of hydrogen-bond acceptors (Lipinski definition) is 3. The Morgan fingerprint density at radius 3 is 2.12 bits per heavy atom. The lowest BCUT2D eigenvalue weighted by Crippen LogP contribution is -2.25. The quantitative estimate of drug-likeness (QED) is 0.440. The highest BCUT2D eigenvalue weighted by Gasteiger charge is 2.31. The second kappa shape index (κ2) is 4.25. The molecule has 1 N–H and O–H groups in total. The van der Waals surface area contributed by atoms with Gasteiger partial charge in [-0.05, 0) is 17.4 Å². The molecule has 80 valence electrons. The number of carbonyl (C=O) groups is 2. The van der Waals surface area contributed by atoms with Gasteiger partial charge in [0.05, 0.1) is 0 Å². The molecule has 0 bridgehead atoms. The Balaban J connectivity index is 2.27. The van der Waals surface area contributed by atoms with Crippen LogP contribution in [0.15, 0.2) is 35.9 Å². The molecule has 1 aliphatic rings. The molecule has 0 aliphatic heterocycles. The maximum absolute atomic E-state index is 11.6. The fraction of sp³-hybridized carbons (Fsp3) is 0.231. The molecule has 1 aliphatic carbocycles. The van der Waals surface area contributed by atoms with Crippen LogP contribution in [0.2, 0.25) is 0 Å². The first-order valence-corrected chi connectivity index (χ1v) is 5.13. The van der Waals surface area contributed by atoms with Crippen molar-refractivity contribution in [2.75, 3.05) is 0 Å². The van der Waals surface area contributed by atoms with Gasteiger partial charge in [-0.3, -0.25) is 15.0 Å². The van der Waals surface area contributed by atoms with E-state index in [1.54, 1.807) is 0 Å². The summed E-state index contributed by atoms with van der Waals surface area (Å²) in [6.45, 7) is 0. The summed E-state index contributed by atoms with van der Waals surface area (Å²) in [7, 11) is 0. The van der Waals surface area contributed by atoms with Crippen molar-refractivity contribution in [2.24, 2.45) is 0 Å². The molecular formula is C13H11NO2. The Bertz CT molecular complexity index is 464. The van der Waals surface area contributed by atoms with Gasteiger partial charge in [0, 0.05) is 12.8 Å². The third kappa shape index (κ3) is 1.86. The van der Waals surface area contributed by atoms with Gasteiger partial charge in [-0.25, -0.2) is 0 Å². The van der Waals surface area contributed by atoms with Crippen LogP contribution in [0.1, 0.15) is 24.3 Å². The second-order valence-electron chi connectivity index (χ2n) is 3.86. The summed E-state index contributed by atoms with van der Waals surface area (Å²) in [5.41, 5.74) is 0.931. The lowest BCUT2D eigenvalue weighted by atomic mass is 9.80. The van der Waals surface area contributed by atoms with Crippen LogP contribution >= 0.6 is 0 Å². The molecule has 2 rings (SSSR count). The van der Waals surface area contributed by atoms with Crippen molar-refractivity contribution in [3.05, 3.63) is 41.5 Å². The van der Waals surface area contributed by atoms with Crippen molar-refractivity contribution in [1.29, 1.82) is 5.41 Å². The number of rotatable bonds is 1. The lowest BCUT2D eigenvalue weighted by molar-refractivity contribution is -0.124. The average molecular weight is 213 g/mol. The molecule has 0 aromatic heterocycles. The van der Waals surface area contributed by atoms with E-state index in [1.165, 1.54) is 0 Å². The van der Waals surface area contributed by atoms with E-state index >= 15 is 0 Å². The SMILES string of the molecule is N=C=C1C(=O)CC(c2ccccc2)CC1=O. The zero-order chi connectivity index (χ0) is 11.5. The van der Waals surface area contributed by atoms with Crippen LogP contribution in [0.25, 0.3) is 0 Å². The fourth-order valence-corrected chi connectivity index (χ4v) is 1.98. The zero-order valence-electron chi connectivity index (χ0n) is 8.69. The predicted molar refractivity (Wildman–Crippen MR) is 59.7 cm³/mol. The third-order valence-corrected chi connectivity index (χ3v) is 2.82. The Morgan fingerprint density at radius 1 is 1.06 bits per heavy atom. The van der Waals surface area contributed by atoms with Gasteiger partial charge in [-0.1, -0.05) is 30.3 Å². The molecule has 16 heavy (non-hydrogen) atoms. The molecule has 0 saturated heterocycles. The number of benzene rings is 1. The maximum atomic E-state index is 11.6. The standard InChI is InChI=1S/C13H11NO2/c14-8-11-12(15)6-10(7-13(11)16)9-4-2-1-3-5-9/h1-5,10,14H,6-7H2. The molecule has 1 aromatic rings. The molecule has 0 spiro atoms. The van der Waals surface area contributed by atoms with Crippen LogP contribution in [0.5, 0.6) is 0 Å². The van der Waals surface area contributed by atoms with Crippen LogP contribution in [0, 0.1) is 5.41 Å². The number of allylic oxidation sites excluding steroid dienone is 1. The number of ketones is 2. The summed E-state index contributed by atoms with van der Waals surface area (Å²) in [5.74, 6) is 1.37. The van der Waals surface area contributed by atoms with Crippen molar-refractivity contribution in [3.8, 4) is 0 Å². The summed E-state index contributed by atoms with van der Waals surface area (Å²) in [6.07, 6.45) is 0.605. The topological polar surface area (TPSA) is 58.0 Å². The van der Waals surface area contributed by atoms with Crippen molar-refractivity contribution in [1.82, 2.24) is 0 Å². The van der Waals surface area contributed by atoms with Crippen LogP contribution in [0.4, 0.5) is 0 Å². The van der Waals surface area contributed by atoms with E-state index < -0.39 is 0 Å². The van der Waals surface area contributed by atoms with Gasteiger partial charge in [0.15, 0.2) is 11.6 Å².